The van der Waals surface area contributed by atoms with Crippen LogP contribution in [0, 0.1) is 0 Å². The SMILES string of the molecule is O=C(NC(=S)Nc1ccc(S(=O)(=O)NCCc2ccccc2)cc1)c1ccco1. The molecule has 0 atom stereocenters. The van der Waals surface area contributed by atoms with Crippen LogP contribution >= 0.6 is 12.2 Å². The van der Waals surface area contributed by atoms with Crippen molar-refractivity contribution in [1.29, 1.82) is 0 Å². The molecule has 1 aromatic heterocycles. The third kappa shape index (κ3) is 5.98. The predicted octanol–water partition coefficient (Wildman–Crippen LogP) is 2.93. The van der Waals surface area contributed by atoms with Gasteiger partial charge < -0.3 is 9.73 Å². The fourth-order valence-electron chi connectivity index (χ4n) is 2.51. The molecular weight excluding hydrogens is 410 g/mol. The van der Waals surface area contributed by atoms with Crippen LogP contribution in [-0.4, -0.2) is 26.0 Å². The van der Waals surface area contributed by atoms with Crippen LogP contribution in [0.2, 0.25) is 0 Å². The second-order valence-corrected chi connectivity index (χ2v) is 8.22. The van der Waals surface area contributed by atoms with Gasteiger partial charge >= 0.3 is 0 Å². The second-order valence-electron chi connectivity index (χ2n) is 6.04. The van der Waals surface area contributed by atoms with Crippen molar-refractivity contribution in [3.05, 3.63) is 84.3 Å². The number of nitrogens with one attached hydrogen (secondary N) is 3. The van der Waals surface area contributed by atoms with E-state index in [0.29, 0.717) is 18.7 Å². The monoisotopic (exact) mass is 429 g/mol. The molecule has 9 heteroatoms. The van der Waals surface area contributed by atoms with Gasteiger partial charge in [0, 0.05) is 12.2 Å². The Balaban J connectivity index is 1.53. The summed E-state index contributed by atoms with van der Waals surface area (Å²) >= 11 is 5.08. The van der Waals surface area contributed by atoms with Gasteiger partial charge in [-0.3, -0.25) is 10.1 Å². The Hall–Kier alpha value is -3.01. The number of hydrogen-bond acceptors (Lipinski definition) is 5. The summed E-state index contributed by atoms with van der Waals surface area (Å²) < 4.78 is 32.4. The fourth-order valence-corrected chi connectivity index (χ4v) is 3.75. The van der Waals surface area contributed by atoms with E-state index < -0.39 is 15.9 Å². The van der Waals surface area contributed by atoms with Gasteiger partial charge in [0.05, 0.1) is 11.2 Å². The van der Waals surface area contributed by atoms with E-state index in [0.717, 1.165) is 5.56 Å². The predicted molar refractivity (Wildman–Crippen MR) is 114 cm³/mol. The number of furan rings is 1. The minimum atomic E-state index is -3.62. The summed E-state index contributed by atoms with van der Waals surface area (Å²) in [5, 5.41) is 5.37. The lowest BCUT2D eigenvalue weighted by Crippen LogP contribution is -2.33. The van der Waals surface area contributed by atoms with E-state index in [9.17, 15) is 13.2 Å². The van der Waals surface area contributed by atoms with Gasteiger partial charge in [-0.2, -0.15) is 0 Å². The van der Waals surface area contributed by atoms with Crippen molar-refractivity contribution in [1.82, 2.24) is 10.0 Å². The van der Waals surface area contributed by atoms with Gasteiger partial charge in [0.15, 0.2) is 10.9 Å². The van der Waals surface area contributed by atoms with Crippen LogP contribution in [0.25, 0.3) is 0 Å². The molecule has 3 aromatic rings. The van der Waals surface area contributed by atoms with Crippen molar-refractivity contribution < 1.29 is 17.6 Å². The third-order valence-corrected chi connectivity index (χ3v) is 5.62. The lowest BCUT2D eigenvalue weighted by Gasteiger charge is -2.10. The first kappa shape index (κ1) is 20.7. The molecule has 0 saturated carbocycles. The topological polar surface area (TPSA) is 100 Å². The summed E-state index contributed by atoms with van der Waals surface area (Å²) in [4.78, 5) is 12.0. The first-order chi connectivity index (χ1) is 13.9. The first-order valence-corrected chi connectivity index (χ1v) is 10.6. The van der Waals surface area contributed by atoms with Gasteiger partial charge in [-0.1, -0.05) is 30.3 Å². The summed E-state index contributed by atoms with van der Waals surface area (Å²) in [6.07, 6.45) is 1.99. The van der Waals surface area contributed by atoms with Gasteiger partial charge in [-0.15, -0.1) is 0 Å². The molecule has 29 heavy (non-hydrogen) atoms. The number of rotatable bonds is 7. The highest BCUT2D eigenvalue weighted by molar-refractivity contribution is 7.89. The van der Waals surface area contributed by atoms with E-state index in [2.05, 4.69) is 15.4 Å². The smallest absolute Gasteiger partial charge is 0.293 e. The standard InChI is InChI=1S/C20H19N3O4S2/c24-19(18-7-4-14-27-18)23-20(28)22-16-8-10-17(11-9-16)29(25,26)21-13-12-15-5-2-1-3-6-15/h1-11,14,21H,12-13H2,(H2,22,23,24,28). The Morgan fingerprint density at radius 1 is 0.966 bits per heavy atom. The molecule has 3 N–H and O–H groups in total. The van der Waals surface area contributed by atoms with E-state index in [-0.39, 0.29) is 15.8 Å². The molecule has 0 fully saturated rings. The van der Waals surface area contributed by atoms with Crippen LogP contribution in [0.4, 0.5) is 5.69 Å². The molecule has 150 valence electrons. The minimum absolute atomic E-state index is 0.0722. The Labute approximate surface area is 174 Å². The molecule has 0 radical (unpaired) electrons. The zero-order valence-electron chi connectivity index (χ0n) is 15.3. The Morgan fingerprint density at radius 2 is 1.69 bits per heavy atom. The molecule has 0 unspecified atom stereocenters. The molecule has 2 aromatic carbocycles. The highest BCUT2D eigenvalue weighted by Gasteiger charge is 2.14. The van der Waals surface area contributed by atoms with E-state index in [1.54, 1.807) is 18.2 Å². The van der Waals surface area contributed by atoms with Crippen molar-refractivity contribution in [2.24, 2.45) is 0 Å². The minimum Gasteiger partial charge on any atom is -0.459 e. The van der Waals surface area contributed by atoms with Gasteiger partial charge in [0.1, 0.15) is 0 Å². The zero-order valence-corrected chi connectivity index (χ0v) is 16.9. The molecule has 1 heterocycles. The number of thiocarbonyl (C=S) groups is 1. The number of anilines is 1. The third-order valence-electron chi connectivity index (χ3n) is 3.94. The summed E-state index contributed by atoms with van der Waals surface area (Å²) in [6.45, 7) is 0.301. The van der Waals surface area contributed by atoms with Crippen molar-refractivity contribution >= 4 is 38.9 Å². The molecule has 0 aliphatic heterocycles. The van der Waals surface area contributed by atoms with Crippen LogP contribution in [0.15, 0.2) is 82.3 Å². The molecule has 0 bridgehead atoms. The average molecular weight is 430 g/mol. The second kappa shape index (κ2) is 9.46. The van der Waals surface area contributed by atoms with Crippen molar-refractivity contribution in [3.63, 3.8) is 0 Å². The van der Waals surface area contributed by atoms with E-state index in [1.807, 2.05) is 30.3 Å². The van der Waals surface area contributed by atoms with Crippen molar-refractivity contribution in [3.8, 4) is 0 Å². The summed E-state index contributed by atoms with van der Waals surface area (Å²) in [6, 6.07) is 18.8. The lowest BCUT2D eigenvalue weighted by atomic mass is 10.2. The molecule has 0 aliphatic carbocycles. The molecular formula is C20H19N3O4S2. The van der Waals surface area contributed by atoms with Crippen LogP contribution in [0.5, 0.6) is 0 Å². The summed E-state index contributed by atoms with van der Waals surface area (Å²) in [5.41, 5.74) is 1.60. The van der Waals surface area contributed by atoms with Crippen LogP contribution in [0.1, 0.15) is 16.1 Å². The number of amides is 1. The number of benzene rings is 2. The van der Waals surface area contributed by atoms with Crippen molar-refractivity contribution in [2.75, 3.05) is 11.9 Å². The van der Waals surface area contributed by atoms with Gasteiger partial charge in [-0.25, -0.2) is 13.1 Å². The van der Waals surface area contributed by atoms with Gasteiger partial charge in [0.25, 0.3) is 5.91 Å². The Kier molecular flexibility index (Phi) is 6.76. The zero-order chi connectivity index (χ0) is 20.7. The average Bonchev–Trinajstić information content (AvgIpc) is 3.24. The first-order valence-electron chi connectivity index (χ1n) is 8.73. The van der Waals surface area contributed by atoms with Crippen LogP contribution < -0.4 is 15.4 Å². The fraction of sp³-hybridized carbons (Fsp3) is 0.100. The number of carbonyl (C=O) groups is 1. The molecule has 0 saturated heterocycles. The maximum atomic E-state index is 12.4. The quantitative estimate of drug-likeness (QED) is 0.500. The van der Waals surface area contributed by atoms with Crippen LogP contribution in [0.3, 0.4) is 0 Å². The molecule has 0 aliphatic rings. The highest BCUT2D eigenvalue weighted by atomic mass is 32.2. The summed E-state index contributed by atoms with van der Waals surface area (Å²) in [7, 11) is -3.62. The van der Waals surface area contributed by atoms with Crippen molar-refractivity contribution in [2.45, 2.75) is 11.3 Å². The Bertz CT molecular complexity index is 1060. The molecule has 1 amide bonds. The van der Waals surface area contributed by atoms with E-state index in [1.165, 1.54) is 24.5 Å². The van der Waals surface area contributed by atoms with E-state index in [4.69, 9.17) is 16.6 Å². The summed E-state index contributed by atoms with van der Waals surface area (Å²) in [5.74, 6) is -0.341. The maximum Gasteiger partial charge on any atom is 0.293 e. The van der Waals surface area contributed by atoms with Gasteiger partial charge in [-0.05, 0) is 60.6 Å². The molecule has 3 rings (SSSR count). The lowest BCUT2D eigenvalue weighted by molar-refractivity contribution is 0.0950. The van der Waals surface area contributed by atoms with E-state index >= 15 is 0 Å². The largest absolute Gasteiger partial charge is 0.459 e. The molecule has 0 spiro atoms. The number of sulfonamides is 1. The normalized spacial score (nSPS) is 11.0. The number of hydrogen-bond donors (Lipinski definition) is 3. The highest BCUT2D eigenvalue weighted by Crippen LogP contribution is 2.14. The maximum absolute atomic E-state index is 12.4. The van der Waals surface area contributed by atoms with Crippen LogP contribution in [-0.2, 0) is 16.4 Å². The van der Waals surface area contributed by atoms with Gasteiger partial charge in [0.2, 0.25) is 10.0 Å². The number of carbonyl (C=O) groups excluding carboxylic acids is 1. The molecule has 7 nitrogen and oxygen atoms in total. The Morgan fingerprint density at radius 3 is 2.34 bits per heavy atom.